The van der Waals surface area contributed by atoms with Gasteiger partial charge in [0.05, 0.1) is 6.61 Å². The average Bonchev–Trinajstić information content (AvgIpc) is 2.06. The summed E-state index contributed by atoms with van der Waals surface area (Å²) in [6, 6.07) is 7.80. The molecule has 0 aliphatic heterocycles. The van der Waals surface area contributed by atoms with Crippen LogP contribution in [0.4, 0.5) is 0 Å². The van der Waals surface area contributed by atoms with Crippen molar-refractivity contribution in [3.63, 3.8) is 0 Å². The predicted molar refractivity (Wildman–Crippen MR) is 47.3 cm³/mol. The van der Waals surface area contributed by atoms with Crippen molar-refractivity contribution in [1.29, 1.82) is 0 Å². The van der Waals surface area contributed by atoms with Crippen LogP contribution in [0.5, 0.6) is 0 Å². The van der Waals surface area contributed by atoms with Crippen molar-refractivity contribution in [2.45, 2.75) is 11.5 Å². The molecule has 2 nitrogen and oxygen atoms in total. The Balaban J connectivity index is 2.74. The van der Waals surface area contributed by atoms with Gasteiger partial charge in [-0.25, -0.2) is 0 Å². The Morgan fingerprint density at radius 1 is 1.55 bits per heavy atom. The van der Waals surface area contributed by atoms with Gasteiger partial charge in [-0.1, -0.05) is 12.1 Å². The molecule has 1 aromatic rings. The van der Waals surface area contributed by atoms with Crippen molar-refractivity contribution in [3.05, 3.63) is 29.8 Å². The third kappa shape index (κ3) is 2.54. The maximum atomic E-state index is 8.80. The van der Waals surface area contributed by atoms with Gasteiger partial charge in [0.1, 0.15) is 0 Å². The van der Waals surface area contributed by atoms with Crippen molar-refractivity contribution in [2.24, 2.45) is 0 Å². The second kappa shape index (κ2) is 4.38. The lowest BCUT2D eigenvalue weighted by molar-refractivity contribution is 0.281. The molecule has 0 saturated heterocycles. The second-order valence-electron chi connectivity index (χ2n) is 2.11. The van der Waals surface area contributed by atoms with E-state index in [1.165, 1.54) is 0 Å². The summed E-state index contributed by atoms with van der Waals surface area (Å²) in [7, 11) is 1.87. The number of aliphatic hydroxyl groups excluding tert-OH is 1. The third-order valence-electron chi connectivity index (χ3n) is 1.30. The minimum absolute atomic E-state index is 0.109. The SMILES string of the molecule is CNSc1cccc(CO)c1. The van der Waals surface area contributed by atoms with E-state index < -0.39 is 0 Å². The van der Waals surface area contributed by atoms with E-state index in [1.54, 1.807) is 11.9 Å². The van der Waals surface area contributed by atoms with Gasteiger partial charge >= 0.3 is 0 Å². The van der Waals surface area contributed by atoms with Gasteiger partial charge in [0.15, 0.2) is 0 Å². The van der Waals surface area contributed by atoms with Crippen molar-refractivity contribution < 1.29 is 5.11 Å². The van der Waals surface area contributed by atoms with Crippen molar-refractivity contribution in [1.82, 2.24) is 4.72 Å². The summed E-state index contributed by atoms with van der Waals surface area (Å²) in [6.07, 6.45) is 0. The number of aliphatic hydroxyl groups is 1. The van der Waals surface area contributed by atoms with E-state index in [0.29, 0.717) is 0 Å². The van der Waals surface area contributed by atoms with E-state index in [-0.39, 0.29) is 6.61 Å². The Morgan fingerprint density at radius 3 is 3.00 bits per heavy atom. The van der Waals surface area contributed by atoms with Gasteiger partial charge in [0.2, 0.25) is 0 Å². The van der Waals surface area contributed by atoms with E-state index in [1.807, 2.05) is 31.3 Å². The molecule has 0 aromatic heterocycles. The summed E-state index contributed by atoms with van der Waals surface area (Å²) < 4.78 is 2.97. The zero-order chi connectivity index (χ0) is 8.10. The molecular weight excluding hydrogens is 158 g/mol. The van der Waals surface area contributed by atoms with E-state index in [0.717, 1.165) is 10.5 Å². The van der Waals surface area contributed by atoms with Crippen LogP contribution in [0.15, 0.2) is 29.2 Å². The van der Waals surface area contributed by atoms with Crippen molar-refractivity contribution >= 4 is 11.9 Å². The first-order valence-corrected chi connectivity index (χ1v) is 4.22. The molecule has 0 fully saturated rings. The van der Waals surface area contributed by atoms with Gasteiger partial charge in [-0.3, -0.25) is 4.72 Å². The summed E-state index contributed by atoms with van der Waals surface area (Å²) >= 11 is 1.54. The van der Waals surface area contributed by atoms with Crippen LogP contribution in [0.3, 0.4) is 0 Å². The topological polar surface area (TPSA) is 32.3 Å². The summed E-state index contributed by atoms with van der Waals surface area (Å²) in [4.78, 5) is 1.12. The molecule has 1 aromatic carbocycles. The Labute approximate surface area is 70.8 Å². The fraction of sp³-hybridized carbons (Fsp3) is 0.250. The Morgan fingerprint density at radius 2 is 2.36 bits per heavy atom. The van der Waals surface area contributed by atoms with Gasteiger partial charge in [-0.05, 0) is 36.7 Å². The Bertz CT molecular complexity index is 227. The lowest BCUT2D eigenvalue weighted by Crippen LogP contribution is -1.91. The normalized spacial score (nSPS) is 10.0. The average molecular weight is 169 g/mol. The van der Waals surface area contributed by atoms with E-state index >= 15 is 0 Å². The Kier molecular flexibility index (Phi) is 3.42. The molecule has 3 heteroatoms. The lowest BCUT2D eigenvalue weighted by Gasteiger charge is -2.00. The number of rotatable bonds is 3. The molecule has 11 heavy (non-hydrogen) atoms. The summed E-state index contributed by atoms with van der Waals surface area (Å²) in [6.45, 7) is 0.109. The molecule has 0 atom stereocenters. The van der Waals surface area contributed by atoms with Crippen LogP contribution in [0.2, 0.25) is 0 Å². The maximum absolute atomic E-state index is 8.80. The molecule has 60 valence electrons. The van der Waals surface area contributed by atoms with Crippen LogP contribution in [-0.4, -0.2) is 12.2 Å². The molecule has 0 spiro atoms. The lowest BCUT2D eigenvalue weighted by atomic mass is 10.2. The predicted octanol–water partition coefficient (Wildman–Crippen LogP) is 1.41. The summed E-state index contributed by atoms with van der Waals surface area (Å²) in [5, 5.41) is 8.80. The van der Waals surface area contributed by atoms with Crippen molar-refractivity contribution in [2.75, 3.05) is 7.05 Å². The minimum Gasteiger partial charge on any atom is -0.392 e. The third-order valence-corrected chi connectivity index (χ3v) is 1.99. The number of hydrogen-bond donors (Lipinski definition) is 2. The van der Waals surface area contributed by atoms with Crippen LogP contribution in [0.25, 0.3) is 0 Å². The zero-order valence-electron chi connectivity index (χ0n) is 6.37. The molecule has 0 radical (unpaired) electrons. The summed E-state index contributed by atoms with van der Waals surface area (Å²) in [5.74, 6) is 0. The van der Waals surface area contributed by atoms with Crippen LogP contribution >= 0.6 is 11.9 Å². The smallest absolute Gasteiger partial charge is 0.0682 e. The summed E-state index contributed by atoms with van der Waals surface area (Å²) in [5.41, 5.74) is 0.949. The van der Waals surface area contributed by atoms with E-state index in [9.17, 15) is 0 Å². The highest BCUT2D eigenvalue weighted by Gasteiger charge is 1.92. The molecule has 0 aliphatic rings. The molecular formula is C8H11NOS. The molecule has 2 N–H and O–H groups in total. The standard InChI is InChI=1S/C8H11NOS/c1-9-11-8-4-2-3-7(5-8)6-10/h2-5,9-10H,6H2,1H3. The van der Waals surface area contributed by atoms with Gasteiger partial charge in [-0.15, -0.1) is 0 Å². The quantitative estimate of drug-likeness (QED) is 0.671. The monoisotopic (exact) mass is 169 g/mol. The maximum Gasteiger partial charge on any atom is 0.0682 e. The fourth-order valence-corrected chi connectivity index (χ4v) is 1.42. The molecule has 0 amide bonds. The molecule has 0 bridgehead atoms. The minimum atomic E-state index is 0.109. The number of nitrogens with one attached hydrogen (secondary N) is 1. The number of benzene rings is 1. The van der Waals surface area contributed by atoms with E-state index in [4.69, 9.17) is 5.11 Å². The van der Waals surface area contributed by atoms with Gasteiger partial charge < -0.3 is 5.11 Å². The first kappa shape index (κ1) is 8.59. The highest BCUT2D eigenvalue weighted by Crippen LogP contribution is 2.14. The van der Waals surface area contributed by atoms with Gasteiger partial charge in [0, 0.05) is 4.90 Å². The molecule has 0 unspecified atom stereocenters. The molecule has 0 saturated carbocycles. The molecule has 0 aliphatic carbocycles. The highest BCUT2D eigenvalue weighted by atomic mass is 32.2. The van der Waals surface area contributed by atoms with Crippen LogP contribution < -0.4 is 4.72 Å². The first-order valence-electron chi connectivity index (χ1n) is 3.40. The molecule has 0 heterocycles. The Hall–Kier alpha value is -0.510. The number of hydrogen-bond acceptors (Lipinski definition) is 3. The van der Waals surface area contributed by atoms with Crippen LogP contribution in [0, 0.1) is 0 Å². The molecule has 1 rings (SSSR count). The highest BCUT2D eigenvalue weighted by molar-refractivity contribution is 7.97. The van der Waals surface area contributed by atoms with Crippen LogP contribution in [-0.2, 0) is 6.61 Å². The van der Waals surface area contributed by atoms with Crippen LogP contribution in [0.1, 0.15) is 5.56 Å². The first-order chi connectivity index (χ1) is 5.36. The van der Waals surface area contributed by atoms with Crippen molar-refractivity contribution in [3.8, 4) is 0 Å². The fourth-order valence-electron chi connectivity index (χ4n) is 0.825. The van der Waals surface area contributed by atoms with Gasteiger partial charge in [0.25, 0.3) is 0 Å². The van der Waals surface area contributed by atoms with E-state index in [2.05, 4.69) is 4.72 Å². The largest absolute Gasteiger partial charge is 0.392 e. The van der Waals surface area contributed by atoms with Gasteiger partial charge in [-0.2, -0.15) is 0 Å². The zero-order valence-corrected chi connectivity index (χ0v) is 7.19. The second-order valence-corrected chi connectivity index (χ2v) is 3.20.